The van der Waals surface area contributed by atoms with Crippen LogP contribution in [0.2, 0.25) is 0 Å². The highest BCUT2D eigenvalue weighted by Gasteiger charge is 2.25. The van der Waals surface area contributed by atoms with Gasteiger partial charge < -0.3 is 16.0 Å². The Balaban J connectivity index is 1.51. The Morgan fingerprint density at radius 3 is 2.68 bits per heavy atom. The minimum absolute atomic E-state index is 0.0847. The molecule has 1 aliphatic heterocycles. The average Bonchev–Trinajstić information content (AvgIpc) is 2.97. The van der Waals surface area contributed by atoms with Crippen LogP contribution in [0.4, 0.5) is 5.69 Å². The first-order chi connectivity index (χ1) is 10.7. The average molecular weight is 301 g/mol. The van der Waals surface area contributed by atoms with Gasteiger partial charge in [0.25, 0.3) is 0 Å². The van der Waals surface area contributed by atoms with Crippen molar-refractivity contribution in [2.75, 3.05) is 18.4 Å². The van der Waals surface area contributed by atoms with Crippen molar-refractivity contribution in [2.45, 2.75) is 32.2 Å². The summed E-state index contributed by atoms with van der Waals surface area (Å²) in [6.45, 7) is 2.19. The van der Waals surface area contributed by atoms with E-state index in [0.717, 1.165) is 50.0 Å². The third kappa shape index (κ3) is 3.65. The lowest BCUT2D eigenvalue weighted by molar-refractivity contribution is -0.124. The molecule has 2 amide bonds. The molecule has 118 valence electrons. The van der Waals surface area contributed by atoms with E-state index in [1.807, 2.05) is 24.3 Å². The Kier molecular flexibility index (Phi) is 4.73. The number of benzene rings is 1. The number of rotatable bonds is 5. The van der Waals surface area contributed by atoms with Crippen molar-refractivity contribution in [1.29, 1.82) is 0 Å². The van der Waals surface area contributed by atoms with Crippen LogP contribution in [-0.2, 0) is 16.1 Å². The van der Waals surface area contributed by atoms with E-state index in [4.69, 9.17) is 0 Å². The topological polar surface area (TPSA) is 70.2 Å². The lowest BCUT2D eigenvalue weighted by Crippen LogP contribution is -2.31. The van der Waals surface area contributed by atoms with Gasteiger partial charge in [0.15, 0.2) is 0 Å². The first-order valence-electron chi connectivity index (χ1n) is 8.10. The summed E-state index contributed by atoms with van der Waals surface area (Å²) >= 11 is 0. The lowest BCUT2D eigenvalue weighted by Gasteiger charge is -2.24. The van der Waals surface area contributed by atoms with Crippen LogP contribution in [0.5, 0.6) is 0 Å². The van der Waals surface area contributed by atoms with Crippen LogP contribution in [-0.4, -0.2) is 24.9 Å². The summed E-state index contributed by atoms with van der Waals surface area (Å²) in [7, 11) is 0. The SMILES string of the molecule is O=C(NCc1cccc(NC(=O)C2CCC2)c1)C1CCNC1. The van der Waals surface area contributed by atoms with Gasteiger partial charge in [-0.1, -0.05) is 18.6 Å². The van der Waals surface area contributed by atoms with Gasteiger partial charge in [0, 0.05) is 24.7 Å². The highest BCUT2D eigenvalue weighted by molar-refractivity contribution is 5.93. The summed E-state index contributed by atoms with van der Waals surface area (Å²) in [5.74, 6) is 0.484. The zero-order valence-electron chi connectivity index (χ0n) is 12.7. The quantitative estimate of drug-likeness (QED) is 0.774. The number of hydrogen-bond donors (Lipinski definition) is 3. The van der Waals surface area contributed by atoms with Crippen LogP contribution in [0.25, 0.3) is 0 Å². The Bertz CT molecular complexity index is 549. The molecule has 1 heterocycles. The van der Waals surface area contributed by atoms with Crippen LogP contribution in [0, 0.1) is 11.8 Å². The Morgan fingerprint density at radius 2 is 2.00 bits per heavy atom. The number of amides is 2. The predicted molar refractivity (Wildman–Crippen MR) is 85.2 cm³/mol. The molecule has 1 aromatic rings. The first kappa shape index (κ1) is 15.0. The number of carbonyl (C=O) groups excluding carboxylic acids is 2. The second-order valence-electron chi connectivity index (χ2n) is 6.22. The zero-order chi connectivity index (χ0) is 15.4. The van der Waals surface area contributed by atoms with Crippen molar-refractivity contribution in [1.82, 2.24) is 10.6 Å². The third-order valence-corrected chi connectivity index (χ3v) is 4.57. The van der Waals surface area contributed by atoms with E-state index in [0.29, 0.717) is 6.54 Å². The lowest BCUT2D eigenvalue weighted by atomic mass is 9.85. The van der Waals surface area contributed by atoms with Gasteiger partial charge >= 0.3 is 0 Å². The second kappa shape index (κ2) is 6.92. The molecule has 5 nitrogen and oxygen atoms in total. The van der Waals surface area contributed by atoms with Crippen molar-refractivity contribution in [3.05, 3.63) is 29.8 Å². The standard InChI is InChI=1S/C17H23N3O2/c21-16(14-7-8-18-11-14)19-10-12-3-1-6-15(9-12)20-17(22)13-4-2-5-13/h1,3,6,9,13-14,18H,2,4-5,7-8,10-11H2,(H,19,21)(H,20,22). The van der Waals surface area contributed by atoms with Crippen LogP contribution in [0.15, 0.2) is 24.3 Å². The van der Waals surface area contributed by atoms with Crippen molar-refractivity contribution < 1.29 is 9.59 Å². The molecule has 1 aromatic carbocycles. The van der Waals surface area contributed by atoms with Crippen LogP contribution in [0.3, 0.4) is 0 Å². The molecular formula is C17H23N3O2. The van der Waals surface area contributed by atoms with E-state index in [-0.39, 0.29) is 23.7 Å². The number of hydrogen-bond acceptors (Lipinski definition) is 3. The van der Waals surface area contributed by atoms with Crippen molar-refractivity contribution in [3.8, 4) is 0 Å². The largest absolute Gasteiger partial charge is 0.352 e. The molecule has 3 N–H and O–H groups in total. The molecule has 0 bridgehead atoms. The molecule has 2 aliphatic rings. The molecule has 1 saturated carbocycles. The Hall–Kier alpha value is -1.88. The van der Waals surface area contributed by atoms with Gasteiger partial charge in [-0.25, -0.2) is 0 Å². The fraction of sp³-hybridized carbons (Fsp3) is 0.529. The van der Waals surface area contributed by atoms with E-state index in [1.165, 1.54) is 0 Å². The van der Waals surface area contributed by atoms with Gasteiger partial charge in [0.05, 0.1) is 5.92 Å². The predicted octanol–water partition coefficient (Wildman–Crippen LogP) is 1.65. The monoisotopic (exact) mass is 301 g/mol. The van der Waals surface area contributed by atoms with Crippen LogP contribution >= 0.6 is 0 Å². The molecule has 0 aromatic heterocycles. The maximum atomic E-state index is 12.0. The van der Waals surface area contributed by atoms with E-state index in [9.17, 15) is 9.59 Å². The molecule has 1 aliphatic carbocycles. The summed E-state index contributed by atoms with van der Waals surface area (Å²) in [4.78, 5) is 24.0. The van der Waals surface area contributed by atoms with E-state index < -0.39 is 0 Å². The van der Waals surface area contributed by atoms with E-state index in [2.05, 4.69) is 16.0 Å². The maximum Gasteiger partial charge on any atom is 0.227 e. The molecule has 3 rings (SSSR count). The minimum atomic E-state index is 0.0847. The number of carbonyl (C=O) groups is 2. The first-order valence-corrected chi connectivity index (χ1v) is 8.10. The van der Waals surface area contributed by atoms with Crippen molar-refractivity contribution in [2.24, 2.45) is 11.8 Å². The minimum Gasteiger partial charge on any atom is -0.352 e. The highest BCUT2D eigenvalue weighted by atomic mass is 16.2. The summed E-state index contributed by atoms with van der Waals surface area (Å²) < 4.78 is 0. The Morgan fingerprint density at radius 1 is 1.14 bits per heavy atom. The smallest absolute Gasteiger partial charge is 0.227 e. The maximum absolute atomic E-state index is 12.0. The van der Waals surface area contributed by atoms with Gasteiger partial charge in [-0.2, -0.15) is 0 Å². The summed E-state index contributed by atoms with van der Waals surface area (Å²) in [6, 6.07) is 7.70. The molecule has 5 heteroatoms. The van der Waals surface area contributed by atoms with Gasteiger partial charge in [0.2, 0.25) is 11.8 Å². The normalized spacial score (nSPS) is 21.2. The fourth-order valence-electron chi connectivity index (χ4n) is 2.89. The van der Waals surface area contributed by atoms with Gasteiger partial charge in [-0.3, -0.25) is 9.59 Å². The van der Waals surface area contributed by atoms with Crippen molar-refractivity contribution >= 4 is 17.5 Å². The van der Waals surface area contributed by atoms with Crippen LogP contribution in [0.1, 0.15) is 31.2 Å². The molecule has 1 atom stereocenters. The van der Waals surface area contributed by atoms with E-state index >= 15 is 0 Å². The molecule has 0 radical (unpaired) electrons. The zero-order valence-corrected chi connectivity index (χ0v) is 12.7. The molecule has 2 fully saturated rings. The second-order valence-corrected chi connectivity index (χ2v) is 6.22. The third-order valence-electron chi connectivity index (χ3n) is 4.57. The summed E-state index contributed by atoms with van der Waals surface area (Å²) in [5.41, 5.74) is 1.82. The Labute approximate surface area is 130 Å². The van der Waals surface area contributed by atoms with Gasteiger partial charge in [-0.15, -0.1) is 0 Å². The van der Waals surface area contributed by atoms with Gasteiger partial charge in [-0.05, 0) is 43.5 Å². The molecule has 22 heavy (non-hydrogen) atoms. The molecular weight excluding hydrogens is 278 g/mol. The van der Waals surface area contributed by atoms with Gasteiger partial charge in [0.1, 0.15) is 0 Å². The van der Waals surface area contributed by atoms with Crippen LogP contribution < -0.4 is 16.0 Å². The fourth-order valence-corrected chi connectivity index (χ4v) is 2.89. The highest BCUT2D eigenvalue weighted by Crippen LogP contribution is 2.27. The van der Waals surface area contributed by atoms with E-state index in [1.54, 1.807) is 0 Å². The van der Waals surface area contributed by atoms with Crippen molar-refractivity contribution in [3.63, 3.8) is 0 Å². The molecule has 1 unspecified atom stereocenters. The summed E-state index contributed by atoms with van der Waals surface area (Å²) in [5, 5.41) is 9.14. The molecule has 1 saturated heterocycles. The molecule has 0 spiro atoms. The number of anilines is 1. The summed E-state index contributed by atoms with van der Waals surface area (Å²) in [6.07, 6.45) is 4.05. The number of nitrogens with one attached hydrogen (secondary N) is 3.